The molecule has 1 fully saturated rings. The smallest absolute Gasteiger partial charge is 0.165 e. The molecule has 0 aromatic carbocycles. The first kappa shape index (κ1) is 21.2. The molecule has 0 amide bonds. The molecule has 10 heteroatoms. The van der Waals surface area contributed by atoms with Gasteiger partial charge in [-0.3, -0.25) is 0 Å². The molecule has 0 saturated heterocycles. The highest BCUT2D eigenvalue weighted by Crippen LogP contribution is 2.37. The predicted octanol–water partition coefficient (Wildman–Crippen LogP) is 3.13. The number of rotatable bonds is 6. The molecule has 0 aliphatic heterocycles. The van der Waals surface area contributed by atoms with E-state index in [9.17, 15) is 0 Å². The molecule has 1 N–H and O–H groups in total. The number of nitrogens with zero attached hydrogens (tertiary/aromatic N) is 8. The highest BCUT2D eigenvalue weighted by molar-refractivity contribution is 5.86. The maximum absolute atomic E-state index is 5.48. The lowest BCUT2D eigenvalue weighted by atomic mass is 9.87. The summed E-state index contributed by atoms with van der Waals surface area (Å²) in [5.41, 5.74) is 5.03. The second-order valence-electron chi connectivity index (χ2n) is 9.21. The van der Waals surface area contributed by atoms with Gasteiger partial charge in [0, 0.05) is 50.2 Å². The van der Waals surface area contributed by atoms with E-state index in [2.05, 4.69) is 41.3 Å². The van der Waals surface area contributed by atoms with Gasteiger partial charge >= 0.3 is 0 Å². The molecule has 10 nitrogen and oxygen atoms in total. The van der Waals surface area contributed by atoms with E-state index in [-0.39, 0.29) is 6.04 Å². The van der Waals surface area contributed by atoms with Gasteiger partial charge in [0.2, 0.25) is 0 Å². The molecule has 1 atom stereocenters. The summed E-state index contributed by atoms with van der Waals surface area (Å²) in [6, 6.07) is 0.752. The number of methoxy groups -OCH3 is 1. The Morgan fingerprint density at radius 3 is 2.71 bits per heavy atom. The second-order valence-corrected chi connectivity index (χ2v) is 9.21. The van der Waals surface area contributed by atoms with Crippen LogP contribution in [0.3, 0.4) is 0 Å². The monoisotopic (exact) mass is 459 g/mol. The molecule has 4 aromatic rings. The Morgan fingerprint density at radius 2 is 1.94 bits per heavy atom. The molecule has 4 aromatic heterocycles. The van der Waals surface area contributed by atoms with Gasteiger partial charge in [-0.25, -0.2) is 29.9 Å². The molecule has 1 saturated carbocycles. The van der Waals surface area contributed by atoms with Crippen LogP contribution < -0.4 is 5.32 Å². The van der Waals surface area contributed by atoms with Gasteiger partial charge in [0.15, 0.2) is 17.0 Å². The Hall–Kier alpha value is -3.40. The van der Waals surface area contributed by atoms with Gasteiger partial charge in [0.05, 0.1) is 23.7 Å². The van der Waals surface area contributed by atoms with Crippen molar-refractivity contribution >= 4 is 17.0 Å². The van der Waals surface area contributed by atoms with Crippen molar-refractivity contribution in [3.8, 4) is 11.4 Å². The third kappa shape index (κ3) is 3.53. The maximum atomic E-state index is 5.48. The zero-order valence-electron chi connectivity index (χ0n) is 19.8. The number of nitrogens with one attached hydrogen (secondary N) is 1. The molecule has 34 heavy (non-hydrogen) atoms. The minimum absolute atomic E-state index is 0.261. The Morgan fingerprint density at radius 1 is 1.12 bits per heavy atom. The van der Waals surface area contributed by atoms with Gasteiger partial charge in [0.1, 0.15) is 18.0 Å². The van der Waals surface area contributed by atoms with Crippen LogP contribution in [-0.4, -0.2) is 58.3 Å². The van der Waals surface area contributed by atoms with Crippen LogP contribution >= 0.6 is 0 Å². The molecule has 6 rings (SSSR count). The predicted molar refractivity (Wildman–Crippen MR) is 127 cm³/mol. The summed E-state index contributed by atoms with van der Waals surface area (Å²) in [4.78, 5) is 27.5. The van der Waals surface area contributed by atoms with Gasteiger partial charge in [-0.1, -0.05) is 0 Å². The van der Waals surface area contributed by atoms with E-state index in [1.807, 2.05) is 25.6 Å². The summed E-state index contributed by atoms with van der Waals surface area (Å²) in [5, 5.41) is 3.68. The number of imidazole rings is 2. The van der Waals surface area contributed by atoms with Crippen LogP contribution in [0, 0.1) is 6.92 Å². The number of fused-ring (bicyclic) bond motifs is 2. The van der Waals surface area contributed by atoms with Crippen molar-refractivity contribution in [3.63, 3.8) is 0 Å². The Kier molecular flexibility index (Phi) is 5.24. The third-order valence-electron chi connectivity index (χ3n) is 7.18. The first-order chi connectivity index (χ1) is 16.6. The second kappa shape index (κ2) is 8.43. The molecule has 176 valence electrons. The zero-order valence-corrected chi connectivity index (χ0v) is 19.8. The molecular formula is C24H29N9O. The normalized spacial score (nSPS) is 21.9. The highest BCUT2D eigenvalue weighted by Gasteiger charge is 2.34. The van der Waals surface area contributed by atoms with Gasteiger partial charge < -0.3 is 19.2 Å². The lowest BCUT2D eigenvalue weighted by Crippen LogP contribution is -2.35. The lowest BCUT2D eigenvalue weighted by molar-refractivity contribution is 0.00531. The standard InChI is InChI=1S/C24H29N9O/c1-4-32-23(15-10-25-14(2)26-11-15)31-21-22(27-12-28-24(21)32)30-16-5-6-19-20(7-16)33(13-29-19)17-8-18(9-17)34-3/h10-13,16-18H,4-9H2,1-3H3,(H,27,28,30)/t16-,17-,18+/m1/s1. The van der Waals surface area contributed by atoms with Crippen LogP contribution in [0.15, 0.2) is 25.0 Å². The molecular weight excluding hydrogens is 430 g/mol. The number of ether oxygens (including phenoxy) is 1. The lowest BCUT2D eigenvalue weighted by Gasteiger charge is -2.37. The fourth-order valence-electron chi connectivity index (χ4n) is 5.16. The summed E-state index contributed by atoms with van der Waals surface area (Å²) in [6.07, 6.45) is 12.6. The van der Waals surface area contributed by atoms with Crippen LogP contribution in [0.4, 0.5) is 5.82 Å². The highest BCUT2D eigenvalue weighted by atomic mass is 16.5. The van der Waals surface area contributed by atoms with Gasteiger partial charge in [-0.2, -0.15) is 0 Å². The SMILES string of the molecule is CCn1c(-c2cnc(C)nc2)nc2c(N[C@@H]3CCc4ncn([C@H]5C[C@@H](OC)C5)c4C3)ncnc21. The van der Waals surface area contributed by atoms with E-state index in [1.54, 1.807) is 13.4 Å². The molecule has 0 bridgehead atoms. The number of aromatic nitrogens is 8. The zero-order chi connectivity index (χ0) is 23.2. The van der Waals surface area contributed by atoms with Crippen LogP contribution in [0.1, 0.15) is 49.4 Å². The van der Waals surface area contributed by atoms with Crippen LogP contribution in [0.25, 0.3) is 22.6 Å². The average Bonchev–Trinajstić information content (AvgIpc) is 3.41. The largest absolute Gasteiger partial charge is 0.381 e. The molecule has 0 spiro atoms. The minimum Gasteiger partial charge on any atom is -0.381 e. The van der Waals surface area contributed by atoms with E-state index in [0.29, 0.717) is 12.1 Å². The van der Waals surface area contributed by atoms with E-state index in [4.69, 9.17) is 14.7 Å². The molecule has 2 aliphatic rings. The summed E-state index contributed by atoms with van der Waals surface area (Å²) in [7, 11) is 1.80. The van der Waals surface area contributed by atoms with Crippen LogP contribution in [-0.2, 0) is 24.1 Å². The van der Waals surface area contributed by atoms with Crippen LogP contribution in [0.5, 0.6) is 0 Å². The summed E-state index contributed by atoms with van der Waals surface area (Å²) in [5.74, 6) is 2.32. The van der Waals surface area contributed by atoms with E-state index >= 15 is 0 Å². The van der Waals surface area contributed by atoms with Crippen molar-refractivity contribution in [3.05, 3.63) is 42.3 Å². The molecule has 4 heterocycles. The quantitative estimate of drug-likeness (QED) is 0.468. The fourth-order valence-corrected chi connectivity index (χ4v) is 5.16. The Labute approximate surface area is 197 Å². The average molecular weight is 460 g/mol. The molecule has 0 radical (unpaired) electrons. The van der Waals surface area contributed by atoms with E-state index < -0.39 is 0 Å². The molecule has 0 unspecified atom stereocenters. The topological polar surface area (TPSA) is 108 Å². The fraction of sp³-hybridized carbons (Fsp3) is 0.500. The van der Waals surface area contributed by atoms with Crippen molar-refractivity contribution in [1.82, 2.24) is 39.0 Å². The number of hydrogen-bond donors (Lipinski definition) is 1. The summed E-state index contributed by atoms with van der Waals surface area (Å²) in [6.45, 7) is 4.71. The van der Waals surface area contributed by atoms with Gasteiger partial charge in [-0.05, 0) is 39.5 Å². The summed E-state index contributed by atoms with van der Waals surface area (Å²) >= 11 is 0. The first-order valence-corrected chi connectivity index (χ1v) is 12.0. The Bertz CT molecular complexity index is 1320. The number of anilines is 1. The van der Waals surface area contributed by atoms with E-state index in [1.165, 1.54) is 11.4 Å². The van der Waals surface area contributed by atoms with Crippen molar-refractivity contribution in [2.24, 2.45) is 0 Å². The third-order valence-corrected chi connectivity index (χ3v) is 7.18. The first-order valence-electron chi connectivity index (χ1n) is 12.0. The number of aryl methyl sites for hydroxylation is 3. The van der Waals surface area contributed by atoms with Crippen molar-refractivity contribution < 1.29 is 4.74 Å². The van der Waals surface area contributed by atoms with Crippen molar-refractivity contribution in [2.75, 3.05) is 12.4 Å². The van der Waals surface area contributed by atoms with Crippen molar-refractivity contribution in [2.45, 2.75) is 70.7 Å². The maximum Gasteiger partial charge on any atom is 0.165 e. The molecule has 2 aliphatic carbocycles. The van der Waals surface area contributed by atoms with Crippen molar-refractivity contribution in [1.29, 1.82) is 0 Å². The van der Waals surface area contributed by atoms with Crippen LogP contribution in [0.2, 0.25) is 0 Å². The summed E-state index contributed by atoms with van der Waals surface area (Å²) < 4.78 is 9.94. The van der Waals surface area contributed by atoms with Gasteiger partial charge in [0.25, 0.3) is 0 Å². The minimum atomic E-state index is 0.261. The number of hydrogen-bond acceptors (Lipinski definition) is 8. The van der Waals surface area contributed by atoms with E-state index in [0.717, 1.165) is 72.8 Å². The Balaban J connectivity index is 1.28. The van der Waals surface area contributed by atoms with Gasteiger partial charge in [-0.15, -0.1) is 0 Å².